The van der Waals surface area contributed by atoms with Gasteiger partial charge in [-0.05, 0) is 17.4 Å². The zero-order chi connectivity index (χ0) is 14.7. The maximum Gasteiger partial charge on any atom is 0.178 e. The summed E-state index contributed by atoms with van der Waals surface area (Å²) in [6.07, 6.45) is 7.48. The Bertz CT molecular complexity index is 544. The lowest BCUT2D eigenvalue weighted by molar-refractivity contribution is -0.507. The van der Waals surface area contributed by atoms with Crippen LogP contribution in [-0.4, -0.2) is 23.4 Å². The third kappa shape index (κ3) is 3.75. The minimum Gasteiger partial charge on any atom is -0.384 e. The van der Waals surface area contributed by atoms with Crippen molar-refractivity contribution in [2.75, 3.05) is 13.1 Å². The Morgan fingerprint density at radius 2 is 1.76 bits per heavy atom. The summed E-state index contributed by atoms with van der Waals surface area (Å²) in [5.41, 5.74) is 4.66. The van der Waals surface area contributed by atoms with Crippen LogP contribution >= 0.6 is 0 Å². The molecule has 2 heteroatoms. The van der Waals surface area contributed by atoms with Gasteiger partial charge in [0, 0.05) is 37.6 Å². The van der Waals surface area contributed by atoms with Crippen molar-refractivity contribution < 1.29 is 4.58 Å². The van der Waals surface area contributed by atoms with E-state index in [1.54, 1.807) is 5.71 Å². The van der Waals surface area contributed by atoms with E-state index in [4.69, 9.17) is 0 Å². The molecular weight excluding hydrogens is 256 g/mol. The summed E-state index contributed by atoms with van der Waals surface area (Å²) in [4.78, 5) is 0. The van der Waals surface area contributed by atoms with E-state index >= 15 is 0 Å². The Morgan fingerprint density at radius 1 is 1.05 bits per heavy atom. The van der Waals surface area contributed by atoms with E-state index in [9.17, 15) is 0 Å². The average Bonchev–Trinajstić information content (AvgIpc) is 2.99. The molecule has 1 aliphatic carbocycles. The highest BCUT2D eigenvalue weighted by Crippen LogP contribution is 2.33. The fraction of sp³-hybridized carbons (Fsp3) is 0.526. The number of rotatable bonds is 3. The average molecular weight is 283 g/mol. The van der Waals surface area contributed by atoms with Gasteiger partial charge in [-0.15, -0.1) is 0 Å². The molecule has 1 heterocycles. The zero-order valence-electron chi connectivity index (χ0n) is 13.4. The molecule has 2 nitrogen and oxygen atoms in total. The van der Waals surface area contributed by atoms with Crippen LogP contribution in [0.25, 0.3) is 0 Å². The smallest absolute Gasteiger partial charge is 0.178 e. The maximum absolute atomic E-state index is 3.66. The van der Waals surface area contributed by atoms with Gasteiger partial charge in [0.05, 0.1) is 0 Å². The van der Waals surface area contributed by atoms with Crippen molar-refractivity contribution in [1.29, 1.82) is 0 Å². The minimum atomic E-state index is 0.367. The molecule has 1 aliphatic heterocycles. The van der Waals surface area contributed by atoms with Crippen molar-refractivity contribution in [2.45, 2.75) is 46.1 Å². The van der Waals surface area contributed by atoms with Gasteiger partial charge in [-0.3, -0.25) is 0 Å². The Hall–Kier alpha value is -1.57. The molecule has 1 saturated heterocycles. The molecule has 0 amide bonds. The Balaban J connectivity index is 1.75. The summed E-state index contributed by atoms with van der Waals surface area (Å²) in [7, 11) is 0. The molecule has 0 aromatic heterocycles. The summed E-state index contributed by atoms with van der Waals surface area (Å²) < 4.78 is 2.59. The van der Waals surface area contributed by atoms with E-state index in [1.807, 2.05) is 0 Å². The van der Waals surface area contributed by atoms with Crippen LogP contribution in [0.4, 0.5) is 0 Å². The van der Waals surface area contributed by atoms with E-state index in [0.29, 0.717) is 5.41 Å². The molecule has 0 atom stereocenters. The monoisotopic (exact) mass is 283 g/mol. The van der Waals surface area contributed by atoms with Gasteiger partial charge in [-0.25, -0.2) is 4.58 Å². The number of nitrogens with one attached hydrogen (secondary N) is 1. The van der Waals surface area contributed by atoms with Gasteiger partial charge < -0.3 is 5.32 Å². The highest BCUT2D eigenvalue weighted by Gasteiger charge is 2.31. The van der Waals surface area contributed by atoms with Gasteiger partial charge in [0.25, 0.3) is 0 Å². The summed E-state index contributed by atoms with van der Waals surface area (Å²) in [5.74, 6) is 0. The first-order chi connectivity index (χ1) is 10.1. The lowest BCUT2D eigenvalue weighted by Crippen LogP contribution is -2.32. The van der Waals surface area contributed by atoms with Crippen molar-refractivity contribution in [3.05, 3.63) is 47.7 Å². The van der Waals surface area contributed by atoms with Crippen LogP contribution in [0.5, 0.6) is 0 Å². The molecular formula is C19H27N2+. The van der Waals surface area contributed by atoms with Gasteiger partial charge >= 0.3 is 0 Å². The largest absolute Gasteiger partial charge is 0.384 e. The Kier molecular flexibility index (Phi) is 4.14. The van der Waals surface area contributed by atoms with Crippen molar-refractivity contribution in [1.82, 2.24) is 5.32 Å². The van der Waals surface area contributed by atoms with Crippen LogP contribution in [-0.2, 0) is 6.54 Å². The lowest BCUT2D eigenvalue weighted by atomic mass is 9.78. The number of nitrogens with zero attached hydrogens (tertiary/aromatic N) is 1. The van der Waals surface area contributed by atoms with E-state index in [-0.39, 0.29) is 0 Å². The Morgan fingerprint density at radius 3 is 2.48 bits per heavy atom. The molecule has 1 fully saturated rings. The molecule has 0 unspecified atom stereocenters. The molecule has 1 aromatic rings. The molecule has 0 spiro atoms. The topological polar surface area (TPSA) is 15.0 Å². The SMILES string of the molecule is CC1(C)CC(NCc2ccccc2)=CC(=[N+]2CCCC2)C1. The predicted octanol–water partition coefficient (Wildman–Crippen LogP) is 3.73. The second-order valence-corrected chi connectivity index (χ2v) is 7.21. The highest BCUT2D eigenvalue weighted by molar-refractivity contribution is 5.92. The standard InChI is InChI=1S/C19H26N2/c1-19(2)13-17(20-15-16-8-4-3-5-9-16)12-18(14-19)21-10-6-7-11-21/h3-5,8-9,12H,6-7,10-11,13-15H2,1-2H3/p+1. The van der Waals surface area contributed by atoms with Crippen LogP contribution < -0.4 is 5.32 Å². The second kappa shape index (κ2) is 6.05. The molecule has 1 aromatic carbocycles. The summed E-state index contributed by atoms with van der Waals surface area (Å²) in [5, 5.41) is 3.66. The van der Waals surface area contributed by atoms with E-state index in [2.05, 4.69) is 60.1 Å². The van der Waals surface area contributed by atoms with Crippen LogP contribution in [0, 0.1) is 5.41 Å². The van der Waals surface area contributed by atoms with E-state index in [1.165, 1.54) is 43.6 Å². The molecule has 21 heavy (non-hydrogen) atoms. The first-order valence-electron chi connectivity index (χ1n) is 8.22. The van der Waals surface area contributed by atoms with E-state index in [0.717, 1.165) is 13.0 Å². The number of allylic oxidation sites excluding steroid dienone is 2. The van der Waals surface area contributed by atoms with Gasteiger partial charge in [0.15, 0.2) is 5.71 Å². The third-order valence-corrected chi connectivity index (χ3v) is 4.54. The molecule has 2 aliphatic rings. The molecule has 112 valence electrons. The number of hydrogen-bond acceptors (Lipinski definition) is 1. The summed E-state index contributed by atoms with van der Waals surface area (Å²) in [6.45, 7) is 8.19. The highest BCUT2D eigenvalue weighted by atomic mass is 15.0. The van der Waals surface area contributed by atoms with Crippen molar-refractivity contribution in [2.24, 2.45) is 5.41 Å². The third-order valence-electron chi connectivity index (χ3n) is 4.54. The van der Waals surface area contributed by atoms with E-state index < -0.39 is 0 Å². The predicted molar refractivity (Wildman–Crippen MR) is 88.6 cm³/mol. The number of hydrogen-bond donors (Lipinski definition) is 1. The van der Waals surface area contributed by atoms with Crippen LogP contribution in [0.1, 0.15) is 45.1 Å². The van der Waals surface area contributed by atoms with Crippen LogP contribution in [0.3, 0.4) is 0 Å². The zero-order valence-corrected chi connectivity index (χ0v) is 13.4. The lowest BCUT2D eigenvalue weighted by Gasteiger charge is -2.30. The minimum absolute atomic E-state index is 0.367. The maximum atomic E-state index is 3.66. The molecule has 0 bridgehead atoms. The molecule has 3 rings (SSSR count). The van der Waals surface area contributed by atoms with Crippen molar-refractivity contribution in [3.63, 3.8) is 0 Å². The fourth-order valence-corrected chi connectivity index (χ4v) is 3.50. The molecule has 1 N–H and O–H groups in total. The summed E-state index contributed by atoms with van der Waals surface area (Å²) in [6, 6.07) is 10.7. The van der Waals surface area contributed by atoms with Crippen molar-refractivity contribution >= 4 is 5.71 Å². The van der Waals surface area contributed by atoms with Crippen LogP contribution in [0.2, 0.25) is 0 Å². The quantitative estimate of drug-likeness (QED) is 0.835. The van der Waals surface area contributed by atoms with Gasteiger partial charge in [0.2, 0.25) is 0 Å². The van der Waals surface area contributed by atoms with Gasteiger partial charge in [-0.2, -0.15) is 0 Å². The normalized spacial score (nSPS) is 21.3. The Labute approximate surface area is 128 Å². The van der Waals surface area contributed by atoms with Crippen molar-refractivity contribution in [3.8, 4) is 0 Å². The van der Waals surface area contributed by atoms with Gasteiger partial charge in [-0.1, -0.05) is 44.2 Å². The first-order valence-corrected chi connectivity index (χ1v) is 8.22. The molecule has 0 saturated carbocycles. The van der Waals surface area contributed by atoms with Gasteiger partial charge in [0.1, 0.15) is 13.1 Å². The second-order valence-electron chi connectivity index (χ2n) is 7.21. The number of benzene rings is 1. The van der Waals surface area contributed by atoms with Crippen LogP contribution in [0.15, 0.2) is 42.1 Å². The molecule has 0 radical (unpaired) electrons. The summed E-state index contributed by atoms with van der Waals surface area (Å²) >= 11 is 0. The first kappa shape index (κ1) is 14.4. The fourth-order valence-electron chi connectivity index (χ4n) is 3.50.